The highest BCUT2D eigenvalue weighted by molar-refractivity contribution is 14.0. The van der Waals surface area contributed by atoms with E-state index in [4.69, 9.17) is 0 Å². The minimum atomic E-state index is -4.48. The summed E-state index contributed by atoms with van der Waals surface area (Å²) in [5, 5.41) is 6.10. The zero-order valence-corrected chi connectivity index (χ0v) is 18.7. The molecular formula is C18H27F3IN7. The minimum absolute atomic E-state index is 0. The molecule has 2 aliphatic rings. The van der Waals surface area contributed by atoms with Crippen molar-refractivity contribution >= 4 is 35.9 Å². The third-order valence-electron chi connectivity index (χ3n) is 4.76. The van der Waals surface area contributed by atoms with Crippen LogP contribution in [0.5, 0.6) is 0 Å². The second-order valence-corrected chi connectivity index (χ2v) is 6.74. The number of nitrogens with zero attached hydrogens (tertiary/aromatic N) is 5. The molecule has 7 nitrogen and oxygen atoms in total. The Balaban J connectivity index is 0.00000300. The van der Waals surface area contributed by atoms with Crippen LogP contribution >= 0.6 is 24.0 Å². The van der Waals surface area contributed by atoms with Gasteiger partial charge in [-0.3, -0.25) is 9.89 Å². The van der Waals surface area contributed by atoms with Crippen LogP contribution in [0.15, 0.2) is 29.4 Å². The fraction of sp³-hybridized carbons (Fsp3) is 0.611. The number of aromatic nitrogens is 2. The van der Waals surface area contributed by atoms with E-state index in [0.717, 1.165) is 57.4 Å². The van der Waals surface area contributed by atoms with Gasteiger partial charge in [0.05, 0.1) is 6.54 Å². The first-order valence-corrected chi connectivity index (χ1v) is 9.54. The first kappa shape index (κ1) is 23.6. The number of likely N-dealkylation sites (tertiary alicyclic amines) is 1. The zero-order valence-electron chi connectivity index (χ0n) is 16.3. The number of nitrogens with one attached hydrogen (secondary N) is 2. The number of hydrogen-bond donors (Lipinski definition) is 2. The van der Waals surface area contributed by atoms with Crippen molar-refractivity contribution < 1.29 is 13.2 Å². The third kappa shape index (κ3) is 6.69. The van der Waals surface area contributed by atoms with E-state index in [-0.39, 0.29) is 29.9 Å². The lowest BCUT2D eigenvalue weighted by Gasteiger charge is -2.25. The lowest BCUT2D eigenvalue weighted by Crippen LogP contribution is -2.43. The molecule has 162 valence electrons. The van der Waals surface area contributed by atoms with Crippen LogP contribution in [0, 0.1) is 0 Å². The van der Waals surface area contributed by atoms with Crippen molar-refractivity contribution in [2.75, 3.05) is 51.1 Å². The first-order valence-electron chi connectivity index (χ1n) is 9.54. The highest BCUT2D eigenvalue weighted by Gasteiger charge is 2.33. The average molecular weight is 525 g/mol. The number of alkyl halides is 3. The van der Waals surface area contributed by atoms with E-state index >= 15 is 0 Å². The first-order chi connectivity index (χ1) is 13.5. The Hall–Kier alpha value is -1.63. The van der Waals surface area contributed by atoms with E-state index < -0.39 is 11.9 Å². The third-order valence-corrected chi connectivity index (χ3v) is 4.76. The second kappa shape index (κ2) is 11.0. The Bertz CT molecular complexity index is 703. The second-order valence-electron chi connectivity index (χ2n) is 6.74. The standard InChI is InChI=1S/C18H26F3N7.HI/c1-2-22-17(28-12-6-14(13-28)27-10-3-4-11-27)25-9-8-24-16-23-7-5-15(26-16)18(19,20)21;/h3-5,7,14H,2,6,8-13H2,1H3,(H,22,25)(H,23,24,26);1H. The Labute approximate surface area is 185 Å². The highest BCUT2D eigenvalue weighted by Crippen LogP contribution is 2.27. The molecule has 0 aliphatic carbocycles. The van der Waals surface area contributed by atoms with Crippen molar-refractivity contribution in [2.24, 2.45) is 4.99 Å². The van der Waals surface area contributed by atoms with Gasteiger partial charge in [-0.15, -0.1) is 24.0 Å². The summed E-state index contributed by atoms with van der Waals surface area (Å²) in [5.74, 6) is 0.793. The molecule has 0 bridgehead atoms. The van der Waals surface area contributed by atoms with Crippen molar-refractivity contribution in [3.63, 3.8) is 0 Å². The van der Waals surface area contributed by atoms with Crippen LogP contribution in [0.4, 0.5) is 19.1 Å². The predicted octanol–water partition coefficient (Wildman–Crippen LogP) is 2.44. The molecule has 0 aromatic carbocycles. The molecule has 11 heteroatoms. The maximum absolute atomic E-state index is 12.7. The summed E-state index contributed by atoms with van der Waals surface area (Å²) in [4.78, 5) is 16.6. The number of anilines is 1. The van der Waals surface area contributed by atoms with Crippen LogP contribution in [0.1, 0.15) is 19.0 Å². The predicted molar refractivity (Wildman–Crippen MR) is 118 cm³/mol. The number of halogens is 4. The molecule has 1 saturated heterocycles. The summed E-state index contributed by atoms with van der Waals surface area (Å²) in [6.45, 7) is 7.42. The van der Waals surface area contributed by atoms with Gasteiger partial charge in [-0.2, -0.15) is 13.2 Å². The van der Waals surface area contributed by atoms with Crippen LogP contribution in [-0.2, 0) is 6.18 Å². The largest absolute Gasteiger partial charge is 0.433 e. The highest BCUT2D eigenvalue weighted by atomic mass is 127. The van der Waals surface area contributed by atoms with Crippen molar-refractivity contribution in [3.8, 4) is 0 Å². The molecule has 1 fully saturated rings. The van der Waals surface area contributed by atoms with Gasteiger partial charge in [0.15, 0.2) is 5.96 Å². The smallest absolute Gasteiger partial charge is 0.357 e. The maximum atomic E-state index is 12.7. The molecule has 0 saturated carbocycles. The van der Waals surface area contributed by atoms with Gasteiger partial charge in [0.25, 0.3) is 0 Å². The molecule has 3 rings (SSSR count). The summed E-state index contributed by atoms with van der Waals surface area (Å²) in [7, 11) is 0. The molecule has 2 N–H and O–H groups in total. The molecule has 2 aliphatic heterocycles. The molecule has 1 aromatic rings. The van der Waals surface area contributed by atoms with Gasteiger partial charge in [-0.25, -0.2) is 9.97 Å². The molecule has 0 spiro atoms. The Morgan fingerprint density at radius 2 is 2.07 bits per heavy atom. The van der Waals surface area contributed by atoms with Gasteiger partial charge >= 0.3 is 6.18 Å². The number of guanidine groups is 1. The van der Waals surface area contributed by atoms with Crippen molar-refractivity contribution in [1.29, 1.82) is 0 Å². The summed E-state index contributed by atoms with van der Waals surface area (Å²) < 4.78 is 38.1. The maximum Gasteiger partial charge on any atom is 0.433 e. The van der Waals surface area contributed by atoms with E-state index in [1.54, 1.807) is 0 Å². The lowest BCUT2D eigenvalue weighted by molar-refractivity contribution is -0.141. The van der Waals surface area contributed by atoms with E-state index in [1.165, 1.54) is 0 Å². The van der Waals surface area contributed by atoms with Crippen LogP contribution in [0.2, 0.25) is 0 Å². The SMILES string of the molecule is CCNC(=NCCNc1nccc(C(F)(F)F)n1)N1CCC(N2CC=CC2)C1.I. The van der Waals surface area contributed by atoms with Crippen LogP contribution in [-0.4, -0.2) is 77.6 Å². The van der Waals surface area contributed by atoms with Gasteiger partial charge in [0.1, 0.15) is 5.69 Å². The van der Waals surface area contributed by atoms with Gasteiger partial charge in [-0.05, 0) is 19.4 Å². The normalized spacial score (nSPS) is 20.1. The summed E-state index contributed by atoms with van der Waals surface area (Å²) in [6.07, 6.45) is 2.12. The zero-order chi connectivity index (χ0) is 20.0. The van der Waals surface area contributed by atoms with Gasteiger partial charge < -0.3 is 15.5 Å². The molecule has 29 heavy (non-hydrogen) atoms. The number of rotatable bonds is 6. The van der Waals surface area contributed by atoms with Gasteiger partial charge in [0, 0.05) is 51.5 Å². The van der Waals surface area contributed by atoms with Crippen LogP contribution in [0.3, 0.4) is 0 Å². The Kier molecular flexibility index (Phi) is 8.93. The van der Waals surface area contributed by atoms with E-state index in [1.807, 2.05) is 6.92 Å². The quantitative estimate of drug-likeness (QED) is 0.196. The molecular weight excluding hydrogens is 498 g/mol. The number of hydrogen-bond acceptors (Lipinski definition) is 5. The van der Waals surface area contributed by atoms with E-state index in [0.29, 0.717) is 19.1 Å². The van der Waals surface area contributed by atoms with Crippen molar-refractivity contribution in [2.45, 2.75) is 25.6 Å². The molecule has 1 unspecified atom stereocenters. The number of aliphatic imine (C=N–C) groups is 1. The topological polar surface area (TPSA) is 68.7 Å². The van der Waals surface area contributed by atoms with Crippen LogP contribution in [0.25, 0.3) is 0 Å². The van der Waals surface area contributed by atoms with E-state index in [9.17, 15) is 13.2 Å². The molecule has 0 radical (unpaired) electrons. The van der Waals surface area contributed by atoms with Gasteiger partial charge in [-0.1, -0.05) is 12.2 Å². The Morgan fingerprint density at radius 1 is 1.31 bits per heavy atom. The fourth-order valence-corrected chi connectivity index (χ4v) is 3.38. The van der Waals surface area contributed by atoms with Crippen LogP contribution < -0.4 is 10.6 Å². The van der Waals surface area contributed by atoms with Crippen molar-refractivity contribution in [3.05, 3.63) is 30.1 Å². The summed E-state index contributed by atoms with van der Waals surface area (Å²) in [5.41, 5.74) is -0.957. The monoisotopic (exact) mass is 525 g/mol. The minimum Gasteiger partial charge on any atom is -0.357 e. The lowest BCUT2D eigenvalue weighted by atomic mass is 10.2. The molecule has 1 atom stereocenters. The average Bonchev–Trinajstić information content (AvgIpc) is 3.35. The van der Waals surface area contributed by atoms with E-state index in [2.05, 4.69) is 47.5 Å². The molecule has 1 aromatic heterocycles. The fourth-order valence-electron chi connectivity index (χ4n) is 3.38. The van der Waals surface area contributed by atoms with Gasteiger partial charge in [0.2, 0.25) is 5.95 Å². The summed E-state index contributed by atoms with van der Waals surface area (Å²) in [6, 6.07) is 1.38. The van der Waals surface area contributed by atoms with Crippen molar-refractivity contribution in [1.82, 2.24) is 25.1 Å². The Morgan fingerprint density at radius 3 is 2.76 bits per heavy atom. The molecule has 0 amide bonds. The summed E-state index contributed by atoms with van der Waals surface area (Å²) >= 11 is 0. The molecule has 3 heterocycles.